The predicted octanol–water partition coefficient (Wildman–Crippen LogP) is 5.96. The van der Waals surface area contributed by atoms with Crippen molar-refractivity contribution in [1.82, 2.24) is 0 Å². The van der Waals surface area contributed by atoms with Crippen LogP contribution >= 0.6 is 20.8 Å². The van der Waals surface area contributed by atoms with Crippen LogP contribution in [0.15, 0.2) is 60.7 Å². The van der Waals surface area contributed by atoms with E-state index in [1.54, 1.807) is 0 Å². The Morgan fingerprint density at radius 2 is 1.17 bits per heavy atom. The van der Waals surface area contributed by atoms with Crippen LogP contribution in [0.5, 0.6) is 0 Å². The van der Waals surface area contributed by atoms with Gasteiger partial charge in [0.2, 0.25) is 0 Å². The van der Waals surface area contributed by atoms with Crippen molar-refractivity contribution < 1.29 is 0 Å². The Balaban J connectivity index is 2.08. The van der Waals surface area contributed by atoms with Gasteiger partial charge in [0.05, 0.1) is 0 Å². The molecule has 0 aromatic heterocycles. The number of halogens is 1. The molecule has 0 unspecified atom stereocenters. The van der Waals surface area contributed by atoms with Gasteiger partial charge in [-0.25, -0.2) is 0 Å². The molecule has 0 saturated carbocycles. The zero-order chi connectivity index (χ0) is 16.6. The molecule has 0 nitrogen and oxygen atoms in total. The summed E-state index contributed by atoms with van der Waals surface area (Å²) in [5.74, 6) is 0.822. The molecule has 0 radical (unpaired) electrons. The third-order valence-electron chi connectivity index (χ3n) is 5.81. The fraction of sp³-hybridized carbons (Fsp3) is 0.429. The second-order valence-electron chi connectivity index (χ2n) is 8.13. The summed E-state index contributed by atoms with van der Waals surface area (Å²) in [4.78, 5) is 0. The molecule has 0 amide bonds. The Hall–Kier alpha value is -0.650. The Bertz CT molecular complexity index is 606. The Morgan fingerprint density at radius 1 is 0.783 bits per heavy atom. The first-order valence-electron chi connectivity index (χ1n) is 8.68. The SMILES string of the molecule is CC(C)(C)C1CCP(Br)(c2ccccc2)(c2ccccc2)CC1. The normalized spacial score (nSPS) is 25.2. The van der Waals surface area contributed by atoms with Crippen LogP contribution in [-0.4, -0.2) is 12.3 Å². The van der Waals surface area contributed by atoms with Crippen LogP contribution in [0.4, 0.5) is 0 Å². The van der Waals surface area contributed by atoms with Gasteiger partial charge in [-0.2, -0.15) is 0 Å². The molecule has 1 saturated heterocycles. The summed E-state index contributed by atoms with van der Waals surface area (Å²) in [5, 5.41) is 0.809. The minimum atomic E-state index is -2.24. The van der Waals surface area contributed by atoms with Gasteiger partial charge in [0.25, 0.3) is 0 Å². The van der Waals surface area contributed by atoms with Crippen molar-refractivity contribution in [3.05, 3.63) is 60.7 Å². The van der Waals surface area contributed by atoms with Gasteiger partial charge < -0.3 is 0 Å². The van der Waals surface area contributed by atoms with Crippen molar-refractivity contribution in [2.24, 2.45) is 11.3 Å². The summed E-state index contributed by atoms with van der Waals surface area (Å²) in [7, 11) is 0. The van der Waals surface area contributed by atoms with Crippen LogP contribution < -0.4 is 10.6 Å². The molecule has 0 spiro atoms. The Kier molecular flexibility index (Phi) is 4.49. The second kappa shape index (κ2) is 6.01. The van der Waals surface area contributed by atoms with Gasteiger partial charge in [-0.05, 0) is 0 Å². The van der Waals surface area contributed by atoms with Crippen LogP contribution in [0.3, 0.4) is 0 Å². The van der Waals surface area contributed by atoms with Gasteiger partial charge in [-0.15, -0.1) is 0 Å². The van der Waals surface area contributed by atoms with E-state index in [2.05, 4.69) is 96.9 Å². The van der Waals surface area contributed by atoms with Crippen LogP contribution in [0.2, 0.25) is 0 Å². The Labute approximate surface area is 149 Å². The van der Waals surface area contributed by atoms with E-state index in [4.69, 9.17) is 0 Å². The monoisotopic (exact) mass is 390 g/mol. The molecule has 0 bridgehead atoms. The van der Waals surface area contributed by atoms with Crippen LogP contribution in [0.25, 0.3) is 0 Å². The molecule has 1 aliphatic heterocycles. The van der Waals surface area contributed by atoms with Crippen molar-refractivity contribution in [2.75, 3.05) is 12.3 Å². The van der Waals surface area contributed by atoms with Crippen molar-refractivity contribution in [3.63, 3.8) is 0 Å². The summed E-state index contributed by atoms with van der Waals surface area (Å²) in [6.45, 7) is 7.20. The molecule has 0 aliphatic carbocycles. The van der Waals surface area contributed by atoms with Crippen molar-refractivity contribution >= 4 is 31.4 Å². The van der Waals surface area contributed by atoms with E-state index in [0.717, 1.165) is 5.92 Å². The molecule has 2 aromatic rings. The number of hydrogen-bond donors (Lipinski definition) is 0. The first-order chi connectivity index (χ1) is 10.8. The number of benzene rings is 2. The van der Waals surface area contributed by atoms with E-state index < -0.39 is 5.31 Å². The fourth-order valence-corrected chi connectivity index (χ4v) is 11.8. The topological polar surface area (TPSA) is 0 Å². The summed E-state index contributed by atoms with van der Waals surface area (Å²) in [6, 6.07) is 22.4. The van der Waals surface area contributed by atoms with Crippen molar-refractivity contribution in [2.45, 2.75) is 33.6 Å². The quantitative estimate of drug-likeness (QED) is 0.555. The van der Waals surface area contributed by atoms with Gasteiger partial charge in [0, 0.05) is 0 Å². The first kappa shape index (κ1) is 17.2. The molecule has 1 aliphatic rings. The molecule has 0 N–H and O–H groups in total. The van der Waals surface area contributed by atoms with E-state index >= 15 is 0 Å². The third-order valence-corrected chi connectivity index (χ3v) is 15.7. The Morgan fingerprint density at radius 3 is 1.52 bits per heavy atom. The first-order valence-corrected chi connectivity index (χ1v) is 13.3. The summed E-state index contributed by atoms with van der Waals surface area (Å²) in [5.41, 5.74) is 0.413. The van der Waals surface area contributed by atoms with Crippen LogP contribution in [-0.2, 0) is 0 Å². The molecule has 124 valence electrons. The van der Waals surface area contributed by atoms with Gasteiger partial charge in [-0.1, -0.05) is 0 Å². The van der Waals surface area contributed by atoms with E-state index in [9.17, 15) is 0 Å². The van der Waals surface area contributed by atoms with Gasteiger partial charge in [-0.3, -0.25) is 0 Å². The summed E-state index contributed by atoms with van der Waals surface area (Å²) in [6.07, 6.45) is 5.19. The molecule has 1 fully saturated rings. The molecule has 23 heavy (non-hydrogen) atoms. The van der Waals surface area contributed by atoms with Crippen LogP contribution in [0, 0.1) is 11.3 Å². The zero-order valence-electron chi connectivity index (χ0n) is 14.5. The van der Waals surface area contributed by atoms with Crippen LogP contribution in [0.1, 0.15) is 33.6 Å². The zero-order valence-corrected chi connectivity index (χ0v) is 17.0. The molecule has 2 aromatic carbocycles. The number of rotatable bonds is 2. The van der Waals surface area contributed by atoms with Crippen molar-refractivity contribution in [3.8, 4) is 0 Å². The molecular weight excluding hydrogens is 363 g/mol. The molecule has 1 heterocycles. The van der Waals surface area contributed by atoms with Gasteiger partial charge >= 0.3 is 149 Å². The number of hydrogen-bond acceptors (Lipinski definition) is 0. The van der Waals surface area contributed by atoms with Gasteiger partial charge in [0.15, 0.2) is 0 Å². The van der Waals surface area contributed by atoms with E-state index in [-0.39, 0.29) is 0 Å². The molecular formula is C21H28BrP. The second-order valence-corrected chi connectivity index (χ2v) is 18.0. The molecule has 2 heteroatoms. The van der Waals surface area contributed by atoms with Crippen molar-refractivity contribution in [1.29, 1.82) is 0 Å². The van der Waals surface area contributed by atoms with E-state index in [1.807, 2.05) is 0 Å². The average Bonchev–Trinajstić information content (AvgIpc) is 2.56. The summed E-state index contributed by atoms with van der Waals surface area (Å²) >= 11 is 4.44. The van der Waals surface area contributed by atoms with E-state index in [0.29, 0.717) is 5.41 Å². The summed E-state index contributed by atoms with van der Waals surface area (Å²) < 4.78 is 0. The molecule has 3 rings (SSSR count). The molecule has 0 atom stereocenters. The van der Waals surface area contributed by atoms with E-state index in [1.165, 1.54) is 35.8 Å². The van der Waals surface area contributed by atoms with Gasteiger partial charge in [0.1, 0.15) is 0 Å². The predicted molar refractivity (Wildman–Crippen MR) is 110 cm³/mol. The standard InChI is InChI=1S/C21H28BrP/c1-21(2,3)18-14-16-23(22,17-15-18,19-10-6-4-7-11-19)20-12-8-5-9-13-20/h4-13,18H,14-17H2,1-3H3. The fourth-order valence-electron chi connectivity index (χ4n) is 4.18. The average molecular weight is 391 g/mol. The minimum absolute atomic E-state index is 0.413. The maximum atomic E-state index is 4.44. The maximum absolute atomic E-state index is 4.44. The third kappa shape index (κ3) is 3.03.